The Labute approximate surface area is 509 Å². The second kappa shape index (κ2) is 70.1. The van der Waals surface area contributed by atoms with Gasteiger partial charge in [-0.2, -0.15) is 0 Å². The van der Waals surface area contributed by atoms with E-state index in [0.29, 0.717) is 12.8 Å². The summed E-state index contributed by atoms with van der Waals surface area (Å²) in [5.41, 5.74) is 0. The van der Waals surface area contributed by atoms with E-state index in [0.717, 1.165) is 103 Å². The van der Waals surface area contributed by atoms with Crippen molar-refractivity contribution in [3.63, 3.8) is 0 Å². The van der Waals surface area contributed by atoms with E-state index >= 15 is 0 Å². The first-order valence-corrected chi connectivity index (χ1v) is 35.6. The lowest BCUT2D eigenvalue weighted by molar-refractivity contribution is -0.167. The van der Waals surface area contributed by atoms with Gasteiger partial charge in [0.2, 0.25) is 0 Å². The number of carbonyl (C=O) groups is 3. The van der Waals surface area contributed by atoms with Crippen LogP contribution in [0, 0.1) is 0 Å². The molecule has 0 heterocycles. The van der Waals surface area contributed by atoms with Crippen LogP contribution in [0.4, 0.5) is 0 Å². The van der Waals surface area contributed by atoms with Crippen molar-refractivity contribution in [2.75, 3.05) is 13.2 Å². The molecule has 0 rings (SSSR count). The Balaban J connectivity index is 4.24. The van der Waals surface area contributed by atoms with Crippen molar-refractivity contribution in [3.05, 3.63) is 85.1 Å². The average Bonchev–Trinajstić information content (AvgIpc) is 3.47. The molecule has 0 saturated carbocycles. The molecule has 474 valence electrons. The number of esters is 3. The minimum Gasteiger partial charge on any atom is -0.462 e. The molecule has 0 radical (unpaired) electrons. The van der Waals surface area contributed by atoms with Gasteiger partial charge in [0, 0.05) is 19.3 Å². The largest absolute Gasteiger partial charge is 0.462 e. The average molecular weight is 1140 g/mol. The molecular weight excluding hydrogens is 1010 g/mol. The highest BCUT2D eigenvalue weighted by Crippen LogP contribution is 2.17. The number of hydrogen-bond donors (Lipinski definition) is 0. The van der Waals surface area contributed by atoms with Crippen molar-refractivity contribution in [1.29, 1.82) is 0 Å². The second-order valence-corrected chi connectivity index (χ2v) is 23.8. The van der Waals surface area contributed by atoms with Gasteiger partial charge in [0.1, 0.15) is 13.2 Å². The van der Waals surface area contributed by atoms with Gasteiger partial charge >= 0.3 is 17.9 Å². The number of ether oxygens (including phenoxy) is 3. The summed E-state index contributed by atoms with van der Waals surface area (Å²) in [5.74, 6) is -0.915. The van der Waals surface area contributed by atoms with Crippen LogP contribution in [0.1, 0.15) is 361 Å². The first kappa shape index (κ1) is 78.6. The second-order valence-electron chi connectivity index (χ2n) is 23.8. The van der Waals surface area contributed by atoms with Crippen LogP contribution in [-0.4, -0.2) is 37.2 Å². The Morgan fingerprint density at radius 2 is 0.476 bits per heavy atom. The van der Waals surface area contributed by atoms with Crippen molar-refractivity contribution in [3.8, 4) is 0 Å². The molecule has 6 nitrogen and oxygen atoms in total. The lowest BCUT2D eigenvalue weighted by Gasteiger charge is -2.18. The number of hydrogen-bond acceptors (Lipinski definition) is 6. The van der Waals surface area contributed by atoms with Crippen molar-refractivity contribution in [2.45, 2.75) is 367 Å². The van der Waals surface area contributed by atoms with Crippen LogP contribution in [0.3, 0.4) is 0 Å². The van der Waals surface area contributed by atoms with E-state index in [1.807, 2.05) is 0 Å². The van der Waals surface area contributed by atoms with Gasteiger partial charge in [-0.3, -0.25) is 14.4 Å². The van der Waals surface area contributed by atoms with E-state index < -0.39 is 6.10 Å². The Bertz CT molecular complexity index is 1550. The van der Waals surface area contributed by atoms with Crippen LogP contribution in [0.25, 0.3) is 0 Å². The van der Waals surface area contributed by atoms with Crippen LogP contribution in [0.15, 0.2) is 85.1 Å². The third kappa shape index (κ3) is 67.4. The van der Waals surface area contributed by atoms with Crippen LogP contribution in [0.5, 0.6) is 0 Å². The van der Waals surface area contributed by atoms with Crippen LogP contribution in [-0.2, 0) is 28.6 Å². The third-order valence-electron chi connectivity index (χ3n) is 15.6. The molecule has 0 aliphatic heterocycles. The zero-order chi connectivity index (χ0) is 59.2. The first-order chi connectivity index (χ1) is 40.5. The predicted octanol–water partition coefficient (Wildman–Crippen LogP) is 24.6. The maximum atomic E-state index is 12.9. The Kier molecular flexibility index (Phi) is 67.2. The molecule has 6 heteroatoms. The maximum absolute atomic E-state index is 12.9. The van der Waals surface area contributed by atoms with Gasteiger partial charge in [-0.25, -0.2) is 0 Å². The van der Waals surface area contributed by atoms with Crippen molar-refractivity contribution in [2.24, 2.45) is 0 Å². The SMILES string of the molecule is CC/C=C\C/C=C\C/C=C\C/C=C\C/C=C\CCCCCC(=O)OC(COC(=O)CCCCCCC/C=C\CCCCCCC)COC(=O)CCCCCCCCCCCCCCCCCCCCC/C=C\CCCCCCCCCC. The molecule has 0 N–H and O–H groups in total. The number of carbonyl (C=O) groups excluding carboxylic acids is 3. The fraction of sp³-hybridized carbons (Fsp3) is 0.776. The molecule has 0 aromatic rings. The third-order valence-corrected chi connectivity index (χ3v) is 15.6. The minimum absolute atomic E-state index is 0.0900. The molecular formula is C76H134O6. The molecule has 0 aliphatic rings. The molecule has 0 bridgehead atoms. The van der Waals surface area contributed by atoms with E-state index in [4.69, 9.17) is 14.2 Å². The summed E-state index contributed by atoms with van der Waals surface area (Å²) >= 11 is 0. The smallest absolute Gasteiger partial charge is 0.306 e. The summed E-state index contributed by atoms with van der Waals surface area (Å²) in [6, 6.07) is 0. The van der Waals surface area contributed by atoms with Gasteiger partial charge in [-0.15, -0.1) is 0 Å². The van der Waals surface area contributed by atoms with Gasteiger partial charge in [0.15, 0.2) is 6.10 Å². The highest BCUT2D eigenvalue weighted by molar-refractivity contribution is 5.71. The van der Waals surface area contributed by atoms with E-state index in [2.05, 4.69) is 106 Å². The molecule has 0 aliphatic carbocycles. The number of allylic oxidation sites excluding steroid dienone is 14. The zero-order valence-corrected chi connectivity index (χ0v) is 54.5. The van der Waals surface area contributed by atoms with Gasteiger partial charge in [-0.05, 0) is 116 Å². The Hall–Kier alpha value is -3.41. The summed E-state index contributed by atoms with van der Waals surface area (Å²) in [6.07, 6.45) is 93.4. The van der Waals surface area contributed by atoms with Gasteiger partial charge in [0.25, 0.3) is 0 Å². The molecule has 0 aromatic carbocycles. The number of unbranched alkanes of at least 4 members (excludes halogenated alkanes) is 40. The van der Waals surface area contributed by atoms with E-state index in [9.17, 15) is 14.4 Å². The highest BCUT2D eigenvalue weighted by Gasteiger charge is 2.19. The fourth-order valence-corrected chi connectivity index (χ4v) is 10.3. The summed E-state index contributed by atoms with van der Waals surface area (Å²) in [4.78, 5) is 38.4. The summed E-state index contributed by atoms with van der Waals surface area (Å²) < 4.78 is 16.9. The van der Waals surface area contributed by atoms with Crippen LogP contribution in [0.2, 0.25) is 0 Å². The molecule has 0 amide bonds. The molecule has 0 saturated heterocycles. The lowest BCUT2D eigenvalue weighted by Crippen LogP contribution is -2.30. The molecule has 1 unspecified atom stereocenters. The van der Waals surface area contributed by atoms with E-state index in [1.54, 1.807) is 0 Å². The van der Waals surface area contributed by atoms with Crippen molar-refractivity contribution < 1.29 is 28.6 Å². The van der Waals surface area contributed by atoms with Gasteiger partial charge < -0.3 is 14.2 Å². The van der Waals surface area contributed by atoms with E-state index in [1.165, 1.54) is 218 Å². The topological polar surface area (TPSA) is 78.9 Å². The predicted molar refractivity (Wildman–Crippen MR) is 358 cm³/mol. The van der Waals surface area contributed by atoms with Crippen LogP contribution < -0.4 is 0 Å². The summed E-state index contributed by atoms with van der Waals surface area (Å²) in [5, 5.41) is 0. The monoisotopic (exact) mass is 1140 g/mol. The Morgan fingerprint density at radius 3 is 0.768 bits per heavy atom. The van der Waals surface area contributed by atoms with Crippen molar-refractivity contribution >= 4 is 17.9 Å². The first-order valence-electron chi connectivity index (χ1n) is 35.6. The normalized spacial score (nSPS) is 12.6. The molecule has 1 atom stereocenters. The van der Waals surface area contributed by atoms with Crippen molar-refractivity contribution in [1.82, 2.24) is 0 Å². The minimum atomic E-state index is -0.798. The summed E-state index contributed by atoms with van der Waals surface area (Å²) in [7, 11) is 0. The molecule has 82 heavy (non-hydrogen) atoms. The quantitative estimate of drug-likeness (QED) is 0.0261. The zero-order valence-electron chi connectivity index (χ0n) is 54.5. The maximum Gasteiger partial charge on any atom is 0.306 e. The highest BCUT2D eigenvalue weighted by atomic mass is 16.6. The fourth-order valence-electron chi connectivity index (χ4n) is 10.3. The standard InChI is InChI=1S/C76H134O6/c1-4-7-10-13-16-19-22-25-28-30-32-33-34-35-36-37-38-39-40-41-42-43-45-46-48-51-54-57-60-63-66-69-75(78)81-72-73(71-80-74(77)68-65-62-59-56-53-50-27-24-21-18-15-12-9-6-3)82-76(79)70-67-64-61-58-55-52-49-47-44-31-29-26-23-20-17-14-11-8-5-2/h8,11,17,20,24,26-27,29-30,32,44,47,52,55,73H,4-7,9-10,12-16,18-19,21-23,25,28,31,33-43,45-46,48-51,53-54,56-72H2,1-3H3/b11-8-,20-17-,27-24-,29-26-,32-30-,47-44-,55-52-. The lowest BCUT2D eigenvalue weighted by atomic mass is 10.0. The molecule has 0 aromatic heterocycles. The van der Waals surface area contributed by atoms with E-state index in [-0.39, 0.29) is 37.5 Å². The molecule has 0 fully saturated rings. The van der Waals surface area contributed by atoms with Crippen LogP contribution >= 0.6 is 0 Å². The Morgan fingerprint density at radius 1 is 0.256 bits per heavy atom. The van der Waals surface area contributed by atoms with Gasteiger partial charge in [-0.1, -0.05) is 311 Å². The number of rotatable bonds is 65. The molecule has 0 spiro atoms. The summed E-state index contributed by atoms with van der Waals surface area (Å²) in [6.45, 7) is 6.53. The van der Waals surface area contributed by atoms with Gasteiger partial charge in [0.05, 0.1) is 0 Å².